The molecule has 1 aromatic carbocycles. The fourth-order valence-corrected chi connectivity index (χ4v) is 4.47. The fourth-order valence-electron chi connectivity index (χ4n) is 2.43. The molecule has 1 heterocycles. The van der Waals surface area contributed by atoms with Crippen LogP contribution < -0.4 is 10.7 Å². The molecule has 2 nitrogen and oxygen atoms in total. The average molecular weight is 358 g/mol. The molecule has 1 aliphatic carbocycles. The van der Waals surface area contributed by atoms with E-state index in [1.807, 2.05) is 24.3 Å². The van der Waals surface area contributed by atoms with Crippen molar-refractivity contribution in [3.8, 4) is 0 Å². The number of hydrogen-bond acceptors (Lipinski definition) is 2. The van der Waals surface area contributed by atoms with E-state index in [4.69, 9.17) is 58.0 Å². The van der Waals surface area contributed by atoms with Gasteiger partial charge in [-0.05, 0) is 12.1 Å². The van der Waals surface area contributed by atoms with Gasteiger partial charge in [0, 0.05) is 0 Å². The van der Waals surface area contributed by atoms with Gasteiger partial charge in [0.1, 0.15) is 0 Å². The van der Waals surface area contributed by atoms with Crippen LogP contribution in [0, 0.1) is 0 Å². The first-order valence-corrected chi connectivity index (χ1v) is 7.91. The Morgan fingerprint density at radius 3 is 1.58 bits per heavy atom. The zero-order valence-corrected chi connectivity index (χ0v) is 13.3. The summed E-state index contributed by atoms with van der Waals surface area (Å²) in [6, 6.07) is 7.49. The highest BCUT2D eigenvalue weighted by molar-refractivity contribution is 6.42. The SMILES string of the molecule is ClC1C(Cl)C(Cl)C2(N=c3ccccc3=N2)C(Cl)C1Cl. The van der Waals surface area contributed by atoms with Crippen molar-refractivity contribution in [2.45, 2.75) is 32.5 Å². The third kappa shape index (κ3) is 1.99. The highest BCUT2D eigenvalue weighted by Crippen LogP contribution is 2.46. The van der Waals surface area contributed by atoms with Gasteiger partial charge in [-0.3, -0.25) is 0 Å². The van der Waals surface area contributed by atoms with Gasteiger partial charge in [-0.15, -0.1) is 58.0 Å². The predicted octanol–water partition coefficient (Wildman–Crippen LogP) is 2.69. The van der Waals surface area contributed by atoms with Crippen LogP contribution in [0.15, 0.2) is 34.3 Å². The minimum atomic E-state index is -1.04. The molecule has 0 N–H and O–H groups in total. The number of benzene rings is 1. The number of hydrogen-bond donors (Lipinski definition) is 0. The van der Waals surface area contributed by atoms with Crippen molar-refractivity contribution in [1.29, 1.82) is 0 Å². The Kier molecular flexibility index (Phi) is 3.68. The Morgan fingerprint density at radius 2 is 1.16 bits per heavy atom. The van der Waals surface area contributed by atoms with E-state index in [2.05, 4.69) is 9.98 Å². The van der Waals surface area contributed by atoms with E-state index in [9.17, 15) is 0 Å². The van der Waals surface area contributed by atoms with Crippen LogP contribution in [0.1, 0.15) is 0 Å². The highest BCUT2D eigenvalue weighted by atomic mass is 35.5. The summed E-state index contributed by atoms with van der Waals surface area (Å²) >= 11 is 31.5. The van der Waals surface area contributed by atoms with Gasteiger partial charge in [0.2, 0.25) is 0 Å². The van der Waals surface area contributed by atoms with E-state index in [0.717, 1.165) is 10.7 Å². The molecule has 3 rings (SSSR count). The molecule has 2 aliphatic rings. The van der Waals surface area contributed by atoms with Crippen molar-refractivity contribution < 1.29 is 0 Å². The summed E-state index contributed by atoms with van der Waals surface area (Å²) in [4.78, 5) is 9.16. The van der Waals surface area contributed by atoms with Crippen LogP contribution in [0.5, 0.6) is 0 Å². The molecule has 0 aromatic heterocycles. The molecule has 1 aromatic rings. The van der Waals surface area contributed by atoms with Crippen LogP contribution in [0.3, 0.4) is 0 Å². The van der Waals surface area contributed by atoms with Gasteiger partial charge >= 0.3 is 0 Å². The standard InChI is InChI=1S/C12H9Cl5N2/c13-7-8(14)10(16)12(11(17)9(7)15)18-5-3-1-2-4-6(5)19-12/h1-4,7-11H. The zero-order valence-electron chi connectivity index (χ0n) is 9.48. The highest BCUT2D eigenvalue weighted by Gasteiger charge is 2.58. The Bertz CT molecular complexity index is 566. The van der Waals surface area contributed by atoms with Gasteiger partial charge in [0.15, 0.2) is 5.66 Å². The molecular weight excluding hydrogens is 349 g/mol. The second-order valence-electron chi connectivity index (χ2n) is 4.63. The summed E-state index contributed by atoms with van der Waals surface area (Å²) in [6.07, 6.45) is 0. The molecule has 1 spiro atoms. The predicted molar refractivity (Wildman–Crippen MR) is 79.7 cm³/mol. The molecule has 4 unspecified atom stereocenters. The first-order valence-electron chi connectivity index (χ1n) is 5.72. The quantitative estimate of drug-likeness (QED) is 0.637. The number of alkyl halides is 5. The van der Waals surface area contributed by atoms with Crippen LogP contribution in [-0.2, 0) is 0 Å². The van der Waals surface area contributed by atoms with E-state index in [1.165, 1.54) is 0 Å². The van der Waals surface area contributed by atoms with Gasteiger partial charge in [-0.1, -0.05) is 12.1 Å². The summed E-state index contributed by atoms with van der Waals surface area (Å²) < 4.78 is 0. The van der Waals surface area contributed by atoms with Gasteiger partial charge in [-0.25, -0.2) is 9.98 Å². The number of nitrogens with zero attached hydrogens (tertiary/aromatic N) is 2. The maximum Gasteiger partial charge on any atom is 0.186 e. The van der Waals surface area contributed by atoms with E-state index < -0.39 is 32.5 Å². The molecule has 0 bridgehead atoms. The van der Waals surface area contributed by atoms with Gasteiger partial charge in [-0.2, -0.15) is 0 Å². The molecule has 0 amide bonds. The van der Waals surface area contributed by atoms with E-state index >= 15 is 0 Å². The first kappa shape index (κ1) is 14.2. The van der Waals surface area contributed by atoms with E-state index in [1.54, 1.807) is 0 Å². The Balaban J connectivity index is 2.17. The van der Waals surface area contributed by atoms with Gasteiger partial charge in [0.05, 0.1) is 37.6 Å². The number of para-hydroxylation sites is 2. The summed E-state index contributed by atoms with van der Waals surface area (Å²) in [5, 5.41) is -1.35. The monoisotopic (exact) mass is 356 g/mol. The van der Waals surface area contributed by atoms with E-state index in [-0.39, 0.29) is 0 Å². The summed E-state index contributed by atoms with van der Waals surface area (Å²) in [7, 11) is 0. The first-order chi connectivity index (χ1) is 8.97. The van der Waals surface area contributed by atoms with Crippen LogP contribution in [-0.4, -0.2) is 32.5 Å². The van der Waals surface area contributed by atoms with Crippen molar-refractivity contribution in [2.24, 2.45) is 9.98 Å². The van der Waals surface area contributed by atoms with Crippen LogP contribution in [0.4, 0.5) is 0 Å². The molecule has 1 aliphatic heterocycles. The number of fused-ring (bicyclic) bond motifs is 1. The van der Waals surface area contributed by atoms with E-state index in [0.29, 0.717) is 0 Å². The van der Waals surface area contributed by atoms with Gasteiger partial charge < -0.3 is 0 Å². The molecule has 0 saturated heterocycles. The molecule has 7 heteroatoms. The lowest BCUT2D eigenvalue weighted by Crippen LogP contribution is -2.61. The lowest BCUT2D eigenvalue weighted by Gasteiger charge is -2.44. The normalized spacial score (nSPS) is 39.5. The summed E-state index contributed by atoms with van der Waals surface area (Å²) in [6.45, 7) is 0. The second kappa shape index (κ2) is 4.92. The molecule has 19 heavy (non-hydrogen) atoms. The smallest absolute Gasteiger partial charge is 0.186 e. The topological polar surface area (TPSA) is 24.7 Å². The maximum absolute atomic E-state index is 6.43. The number of halogens is 5. The maximum atomic E-state index is 6.43. The van der Waals surface area contributed by atoms with Crippen LogP contribution in [0.2, 0.25) is 0 Å². The van der Waals surface area contributed by atoms with Crippen molar-refractivity contribution in [2.75, 3.05) is 0 Å². The van der Waals surface area contributed by atoms with Crippen LogP contribution >= 0.6 is 58.0 Å². The fraction of sp³-hybridized carbons (Fsp3) is 0.500. The third-order valence-corrected chi connectivity index (χ3v) is 6.75. The molecule has 4 atom stereocenters. The van der Waals surface area contributed by atoms with Gasteiger partial charge in [0.25, 0.3) is 0 Å². The zero-order chi connectivity index (χ0) is 13.8. The Labute approximate surface area is 135 Å². The Morgan fingerprint density at radius 1 is 0.737 bits per heavy atom. The average Bonchev–Trinajstić information content (AvgIpc) is 2.82. The molecule has 1 fully saturated rings. The minimum absolute atomic E-state index is 0.520. The summed E-state index contributed by atoms with van der Waals surface area (Å²) in [5.41, 5.74) is -1.04. The summed E-state index contributed by atoms with van der Waals surface area (Å²) in [5.74, 6) is 0. The third-order valence-electron chi connectivity index (χ3n) is 3.46. The molecule has 0 radical (unpaired) electrons. The lowest BCUT2D eigenvalue weighted by molar-refractivity contribution is 0.334. The lowest BCUT2D eigenvalue weighted by atomic mass is 9.87. The number of rotatable bonds is 0. The van der Waals surface area contributed by atoms with Crippen LogP contribution in [0.25, 0.3) is 0 Å². The Hall–Kier alpha value is 0.270. The van der Waals surface area contributed by atoms with Crippen molar-refractivity contribution in [1.82, 2.24) is 0 Å². The molecule has 1 saturated carbocycles. The largest absolute Gasteiger partial charge is 0.250 e. The van der Waals surface area contributed by atoms with Crippen molar-refractivity contribution in [3.63, 3.8) is 0 Å². The second-order valence-corrected chi connectivity index (χ2v) is 7.08. The van der Waals surface area contributed by atoms with Crippen molar-refractivity contribution >= 4 is 58.0 Å². The molecular formula is C12H9Cl5N2. The minimum Gasteiger partial charge on any atom is -0.250 e. The van der Waals surface area contributed by atoms with Crippen molar-refractivity contribution in [3.05, 3.63) is 35.0 Å². The molecule has 102 valence electrons.